The van der Waals surface area contributed by atoms with E-state index in [1.165, 1.54) is 11.3 Å². The van der Waals surface area contributed by atoms with Crippen molar-refractivity contribution in [2.75, 3.05) is 5.32 Å². The molecule has 1 amide bonds. The number of aryl methyl sites for hydroxylation is 2. The van der Waals surface area contributed by atoms with Crippen molar-refractivity contribution >= 4 is 33.0 Å². The molecule has 2 heterocycles. The number of nitrogens with zero attached hydrogens (tertiary/aromatic N) is 2. The van der Waals surface area contributed by atoms with Crippen LogP contribution in [0, 0.1) is 13.8 Å². The van der Waals surface area contributed by atoms with Crippen LogP contribution in [-0.4, -0.2) is 15.7 Å². The lowest BCUT2D eigenvalue weighted by Gasteiger charge is -2.03. The third-order valence-electron chi connectivity index (χ3n) is 3.40. The number of fused-ring (bicyclic) bond motifs is 1. The Morgan fingerprint density at radius 2 is 2.05 bits per heavy atom. The van der Waals surface area contributed by atoms with Crippen molar-refractivity contribution in [3.8, 4) is 0 Å². The van der Waals surface area contributed by atoms with Gasteiger partial charge in [0.2, 0.25) is 0 Å². The SMILES string of the molecule is Cc1nn(C)c(C)c1NC(=O)c1cc2ccccc2s1. The molecule has 0 saturated carbocycles. The third-order valence-corrected chi connectivity index (χ3v) is 4.51. The number of thiophene rings is 1. The van der Waals surface area contributed by atoms with Crippen molar-refractivity contribution in [1.29, 1.82) is 0 Å². The fourth-order valence-electron chi connectivity index (χ4n) is 2.22. The third kappa shape index (κ3) is 2.10. The molecule has 3 aromatic rings. The summed E-state index contributed by atoms with van der Waals surface area (Å²) in [6.07, 6.45) is 0. The van der Waals surface area contributed by atoms with Gasteiger partial charge in [-0.25, -0.2) is 0 Å². The Hall–Kier alpha value is -2.14. The van der Waals surface area contributed by atoms with Gasteiger partial charge in [-0.05, 0) is 31.4 Å². The molecule has 0 radical (unpaired) electrons. The van der Waals surface area contributed by atoms with E-state index in [1.54, 1.807) is 4.68 Å². The monoisotopic (exact) mass is 285 g/mol. The van der Waals surface area contributed by atoms with E-state index < -0.39 is 0 Å². The highest BCUT2D eigenvalue weighted by molar-refractivity contribution is 7.20. The van der Waals surface area contributed by atoms with Gasteiger partial charge < -0.3 is 5.32 Å². The highest BCUT2D eigenvalue weighted by atomic mass is 32.1. The number of benzene rings is 1. The zero-order valence-electron chi connectivity index (χ0n) is 11.6. The Bertz CT molecular complexity index is 768. The Balaban J connectivity index is 1.93. The predicted molar refractivity (Wildman–Crippen MR) is 82.5 cm³/mol. The molecule has 5 heteroatoms. The molecule has 0 unspecified atom stereocenters. The van der Waals surface area contributed by atoms with E-state index in [4.69, 9.17) is 0 Å². The van der Waals surface area contributed by atoms with E-state index in [2.05, 4.69) is 10.4 Å². The Morgan fingerprint density at radius 3 is 2.70 bits per heavy atom. The van der Waals surface area contributed by atoms with Crippen molar-refractivity contribution < 1.29 is 4.79 Å². The molecule has 0 aliphatic heterocycles. The van der Waals surface area contributed by atoms with Crippen molar-refractivity contribution in [3.05, 3.63) is 46.6 Å². The number of hydrogen-bond donors (Lipinski definition) is 1. The smallest absolute Gasteiger partial charge is 0.265 e. The van der Waals surface area contributed by atoms with Crippen molar-refractivity contribution in [3.63, 3.8) is 0 Å². The van der Waals surface area contributed by atoms with Crippen LogP contribution < -0.4 is 5.32 Å². The summed E-state index contributed by atoms with van der Waals surface area (Å²) in [6.45, 7) is 3.84. The van der Waals surface area contributed by atoms with Crippen LogP contribution in [0.3, 0.4) is 0 Å². The molecule has 1 N–H and O–H groups in total. The molecule has 4 nitrogen and oxygen atoms in total. The van der Waals surface area contributed by atoms with Crippen LogP contribution in [-0.2, 0) is 7.05 Å². The lowest BCUT2D eigenvalue weighted by atomic mass is 10.2. The molecule has 3 rings (SSSR count). The summed E-state index contributed by atoms with van der Waals surface area (Å²) in [5.41, 5.74) is 2.59. The zero-order chi connectivity index (χ0) is 14.3. The fraction of sp³-hybridized carbons (Fsp3) is 0.200. The first-order chi connectivity index (χ1) is 9.56. The molecule has 0 saturated heterocycles. The summed E-state index contributed by atoms with van der Waals surface area (Å²) in [6, 6.07) is 9.93. The lowest BCUT2D eigenvalue weighted by molar-refractivity contribution is 0.103. The zero-order valence-corrected chi connectivity index (χ0v) is 12.4. The van der Waals surface area contributed by atoms with Crippen molar-refractivity contribution in [2.45, 2.75) is 13.8 Å². The van der Waals surface area contributed by atoms with Gasteiger partial charge in [-0.3, -0.25) is 9.48 Å². The average molecular weight is 285 g/mol. The number of nitrogens with one attached hydrogen (secondary N) is 1. The summed E-state index contributed by atoms with van der Waals surface area (Å²) >= 11 is 1.50. The van der Waals surface area contributed by atoms with Crippen LogP contribution in [0.4, 0.5) is 5.69 Å². The van der Waals surface area contributed by atoms with E-state index in [1.807, 2.05) is 51.2 Å². The minimum Gasteiger partial charge on any atom is -0.318 e. The summed E-state index contributed by atoms with van der Waals surface area (Å²) in [5.74, 6) is -0.0783. The largest absolute Gasteiger partial charge is 0.318 e. The number of carbonyl (C=O) groups excluding carboxylic acids is 1. The van der Waals surface area contributed by atoms with Crippen LogP contribution in [0.2, 0.25) is 0 Å². The summed E-state index contributed by atoms with van der Waals surface area (Å²) in [7, 11) is 1.87. The normalized spacial score (nSPS) is 10.9. The molecule has 2 aromatic heterocycles. The summed E-state index contributed by atoms with van der Waals surface area (Å²) < 4.78 is 2.90. The van der Waals surface area contributed by atoms with E-state index in [0.29, 0.717) is 4.88 Å². The molecule has 20 heavy (non-hydrogen) atoms. The van der Waals surface area contributed by atoms with Gasteiger partial charge in [0.25, 0.3) is 5.91 Å². The maximum Gasteiger partial charge on any atom is 0.265 e. The Kier molecular flexibility index (Phi) is 3.06. The lowest BCUT2D eigenvalue weighted by Crippen LogP contribution is -2.11. The highest BCUT2D eigenvalue weighted by Crippen LogP contribution is 2.27. The van der Waals surface area contributed by atoms with Gasteiger partial charge in [-0.2, -0.15) is 5.10 Å². The van der Waals surface area contributed by atoms with E-state index in [9.17, 15) is 4.79 Å². The van der Waals surface area contributed by atoms with Crippen LogP contribution in [0.15, 0.2) is 30.3 Å². The van der Waals surface area contributed by atoms with Gasteiger partial charge in [-0.15, -0.1) is 11.3 Å². The maximum absolute atomic E-state index is 12.4. The minimum absolute atomic E-state index is 0.0783. The molecular weight excluding hydrogens is 270 g/mol. The summed E-state index contributed by atoms with van der Waals surface area (Å²) in [5, 5.41) is 8.37. The molecule has 0 fully saturated rings. The molecule has 0 spiro atoms. The Morgan fingerprint density at radius 1 is 1.30 bits per heavy atom. The quantitative estimate of drug-likeness (QED) is 0.783. The predicted octanol–water partition coefficient (Wildman–Crippen LogP) is 3.50. The molecular formula is C15H15N3OS. The highest BCUT2D eigenvalue weighted by Gasteiger charge is 2.15. The fourth-order valence-corrected chi connectivity index (χ4v) is 3.18. The molecule has 0 atom stereocenters. The second-order valence-electron chi connectivity index (χ2n) is 4.77. The average Bonchev–Trinajstić information content (AvgIpc) is 2.95. The van der Waals surface area contributed by atoms with Crippen LogP contribution in [0.5, 0.6) is 0 Å². The van der Waals surface area contributed by atoms with E-state index in [-0.39, 0.29) is 5.91 Å². The number of hydrogen-bond acceptors (Lipinski definition) is 3. The molecule has 0 aliphatic rings. The number of rotatable bonds is 2. The van der Waals surface area contributed by atoms with Crippen molar-refractivity contribution in [2.24, 2.45) is 7.05 Å². The maximum atomic E-state index is 12.4. The van der Waals surface area contributed by atoms with Crippen LogP contribution >= 0.6 is 11.3 Å². The first-order valence-corrected chi connectivity index (χ1v) is 7.18. The van der Waals surface area contributed by atoms with Gasteiger partial charge in [0.05, 0.1) is 22.0 Å². The topological polar surface area (TPSA) is 46.9 Å². The second kappa shape index (κ2) is 4.76. The number of anilines is 1. The molecule has 1 aromatic carbocycles. The standard InChI is InChI=1S/C15H15N3OS/c1-9-14(10(2)18(3)17-9)16-15(19)13-8-11-6-4-5-7-12(11)20-13/h4-8H,1-3H3,(H,16,19). The minimum atomic E-state index is -0.0783. The second-order valence-corrected chi connectivity index (χ2v) is 5.86. The van der Waals surface area contributed by atoms with Crippen LogP contribution in [0.1, 0.15) is 21.1 Å². The van der Waals surface area contributed by atoms with Gasteiger partial charge in [0.1, 0.15) is 0 Å². The van der Waals surface area contributed by atoms with Crippen LogP contribution in [0.25, 0.3) is 10.1 Å². The number of carbonyl (C=O) groups is 1. The van der Waals surface area contributed by atoms with E-state index >= 15 is 0 Å². The number of amides is 1. The molecule has 102 valence electrons. The van der Waals surface area contributed by atoms with E-state index in [0.717, 1.165) is 27.2 Å². The molecule has 0 bridgehead atoms. The summed E-state index contributed by atoms with van der Waals surface area (Å²) in [4.78, 5) is 13.1. The number of aromatic nitrogens is 2. The van der Waals surface area contributed by atoms with Gasteiger partial charge in [0.15, 0.2) is 0 Å². The first kappa shape index (κ1) is 12.9. The Labute approximate surface area is 121 Å². The van der Waals surface area contributed by atoms with Crippen molar-refractivity contribution in [1.82, 2.24) is 9.78 Å². The first-order valence-electron chi connectivity index (χ1n) is 6.36. The van der Waals surface area contributed by atoms with Gasteiger partial charge in [-0.1, -0.05) is 18.2 Å². The molecule has 0 aliphatic carbocycles. The van der Waals surface area contributed by atoms with Gasteiger partial charge >= 0.3 is 0 Å². The van der Waals surface area contributed by atoms with Gasteiger partial charge in [0, 0.05) is 11.7 Å².